The van der Waals surface area contributed by atoms with Gasteiger partial charge in [0.25, 0.3) is 0 Å². The van der Waals surface area contributed by atoms with E-state index in [9.17, 15) is 5.11 Å². The summed E-state index contributed by atoms with van der Waals surface area (Å²) in [6.45, 7) is 8.42. The lowest BCUT2D eigenvalue weighted by atomic mass is 9.96. The van der Waals surface area contributed by atoms with Gasteiger partial charge in [-0.05, 0) is 105 Å². The molecule has 2 N–H and O–H groups in total. The van der Waals surface area contributed by atoms with Gasteiger partial charge in [-0.3, -0.25) is 4.98 Å². The lowest BCUT2D eigenvalue weighted by Gasteiger charge is -2.33. The van der Waals surface area contributed by atoms with Crippen molar-refractivity contribution in [1.29, 1.82) is 0 Å². The first-order valence-electron chi connectivity index (χ1n) is 14.0. The molecule has 0 amide bonds. The monoisotopic (exact) mass is 605 g/mol. The smallest absolute Gasteiger partial charge is 0.174 e. The van der Waals surface area contributed by atoms with Crippen LogP contribution in [0.4, 0.5) is 11.4 Å². The van der Waals surface area contributed by atoms with Crippen molar-refractivity contribution in [1.82, 2.24) is 14.9 Å². The molecule has 2 aliphatic rings. The number of hydrogen-bond donors (Lipinski definition) is 2. The summed E-state index contributed by atoms with van der Waals surface area (Å²) in [4.78, 5) is 9.22. The maximum Gasteiger partial charge on any atom is 0.174 e. The quantitative estimate of drug-likeness (QED) is 0.225. The Morgan fingerprint density at radius 2 is 1.76 bits per heavy atom. The molecule has 2 aromatic heterocycles. The van der Waals surface area contributed by atoms with Crippen molar-refractivity contribution in [2.24, 2.45) is 5.92 Å². The topological polar surface area (TPSA) is 56.6 Å². The molecule has 4 aromatic rings. The summed E-state index contributed by atoms with van der Waals surface area (Å²) in [5.41, 5.74) is 6.52. The van der Waals surface area contributed by atoms with E-state index in [1.165, 1.54) is 12.8 Å². The largest absolute Gasteiger partial charge is 0.506 e. The van der Waals surface area contributed by atoms with Crippen LogP contribution in [0.1, 0.15) is 54.5 Å². The van der Waals surface area contributed by atoms with Crippen molar-refractivity contribution in [3.8, 4) is 11.4 Å². The van der Waals surface area contributed by atoms with Gasteiger partial charge in [-0.15, -0.1) is 0 Å². The molecule has 2 aliphatic heterocycles. The minimum Gasteiger partial charge on any atom is -0.506 e. The summed E-state index contributed by atoms with van der Waals surface area (Å²) < 4.78 is 2.04. The Labute approximate surface area is 256 Å². The third kappa shape index (κ3) is 5.16. The molecule has 2 saturated heterocycles. The molecule has 2 atom stereocenters. The average molecular weight is 607 g/mol. The number of nitrogens with zero attached hydrogens (tertiary/aromatic N) is 4. The molecule has 9 heteroatoms. The van der Waals surface area contributed by atoms with Crippen molar-refractivity contribution in [3.05, 3.63) is 99.6 Å². The molecule has 0 aliphatic carbocycles. The van der Waals surface area contributed by atoms with Gasteiger partial charge in [-0.1, -0.05) is 36.2 Å². The Balaban J connectivity index is 1.45. The summed E-state index contributed by atoms with van der Waals surface area (Å²) in [5.74, 6) is 0.907. The molecule has 4 heterocycles. The second-order valence-corrected chi connectivity index (χ2v) is 12.3. The van der Waals surface area contributed by atoms with Crippen LogP contribution in [0.2, 0.25) is 10.0 Å². The molecule has 0 bridgehead atoms. The average Bonchev–Trinajstić information content (AvgIpc) is 3.45. The fourth-order valence-corrected chi connectivity index (χ4v) is 7.04. The number of phenolic OH excluding ortho intramolecular Hbond substituents is 1. The van der Waals surface area contributed by atoms with Gasteiger partial charge in [0, 0.05) is 41.4 Å². The van der Waals surface area contributed by atoms with E-state index >= 15 is 0 Å². The Bertz CT molecular complexity index is 1600. The summed E-state index contributed by atoms with van der Waals surface area (Å²) in [5, 5.41) is 16.2. The first kappa shape index (κ1) is 27.9. The molecule has 2 fully saturated rings. The molecule has 6 nitrogen and oxygen atoms in total. The van der Waals surface area contributed by atoms with Gasteiger partial charge < -0.3 is 24.8 Å². The van der Waals surface area contributed by atoms with E-state index in [1.54, 1.807) is 24.4 Å². The summed E-state index contributed by atoms with van der Waals surface area (Å²) in [6, 6.07) is 19.0. The molecule has 41 heavy (non-hydrogen) atoms. The number of phenols is 1. The van der Waals surface area contributed by atoms with Crippen LogP contribution in [-0.2, 0) is 0 Å². The number of thiocarbonyl (C=S) groups is 1. The second-order valence-electron chi connectivity index (χ2n) is 11.1. The van der Waals surface area contributed by atoms with Gasteiger partial charge in [0.15, 0.2) is 5.11 Å². The van der Waals surface area contributed by atoms with E-state index in [1.807, 2.05) is 35.8 Å². The van der Waals surface area contributed by atoms with Gasteiger partial charge in [0.2, 0.25) is 0 Å². The van der Waals surface area contributed by atoms with Crippen molar-refractivity contribution in [3.63, 3.8) is 0 Å². The normalized spacial score (nSPS) is 19.6. The van der Waals surface area contributed by atoms with Crippen LogP contribution >= 0.6 is 35.4 Å². The van der Waals surface area contributed by atoms with E-state index in [2.05, 4.69) is 47.2 Å². The van der Waals surface area contributed by atoms with Gasteiger partial charge in [0.05, 0.1) is 34.2 Å². The number of anilines is 2. The maximum atomic E-state index is 10.7. The van der Waals surface area contributed by atoms with Gasteiger partial charge >= 0.3 is 0 Å². The molecule has 0 spiro atoms. The number of halogens is 2. The Kier molecular flexibility index (Phi) is 7.62. The summed E-state index contributed by atoms with van der Waals surface area (Å²) in [7, 11) is 0. The van der Waals surface area contributed by atoms with E-state index < -0.39 is 0 Å². The zero-order chi connectivity index (χ0) is 28.8. The van der Waals surface area contributed by atoms with Gasteiger partial charge in [0.1, 0.15) is 5.75 Å². The number of hydrogen-bond acceptors (Lipinski definition) is 4. The van der Waals surface area contributed by atoms with Crippen LogP contribution in [0.25, 0.3) is 5.69 Å². The van der Waals surface area contributed by atoms with Crippen molar-refractivity contribution in [2.45, 2.75) is 45.7 Å². The SMILES string of the molecule is Cc1cc([C@@H]2[C@H](c3ccccn3)NC(=S)N2c2ccc(N3CCC(C)CC3)c(Cl)c2)c(C)n1-c1cc(Cl)ccc1O. The number of rotatable bonds is 5. The molecule has 0 unspecified atom stereocenters. The number of aromatic nitrogens is 2. The highest BCUT2D eigenvalue weighted by Crippen LogP contribution is 2.45. The lowest BCUT2D eigenvalue weighted by molar-refractivity contribution is 0.438. The van der Waals surface area contributed by atoms with Gasteiger partial charge in [-0.25, -0.2) is 0 Å². The standard InChI is InChI=1S/C32H33Cl2N5OS/c1-19-11-14-37(15-12-19)27-9-8-23(18-25(27)34)39-31(30(36-32(39)41)26-6-4-5-13-35-26)24-16-20(2)38(21(24)3)28-17-22(33)7-10-29(28)40/h4-10,13,16-19,30-31,40H,11-12,14-15H2,1-3H3,(H,36,41)/t30-,31+/m0/s1. The molecule has 6 rings (SSSR count). The zero-order valence-electron chi connectivity index (χ0n) is 23.3. The molecule has 0 radical (unpaired) electrons. The van der Waals surface area contributed by atoms with E-state index in [0.29, 0.717) is 20.8 Å². The molecule has 2 aromatic carbocycles. The van der Waals surface area contributed by atoms with E-state index in [-0.39, 0.29) is 17.8 Å². The third-order valence-corrected chi connectivity index (χ3v) is 9.25. The van der Waals surface area contributed by atoms with Crippen LogP contribution in [0, 0.1) is 19.8 Å². The van der Waals surface area contributed by atoms with Crippen molar-refractivity contribution < 1.29 is 5.11 Å². The van der Waals surface area contributed by atoms with E-state index in [0.717, 1.165) is 53.0 Å². The fraction of sp³-hybridized carbons (Fsp3) is 0.312. The minimum absolute atomic E-state index is 0.162. The molecule has 212 valence electrons. The zero-order valence-corrected chi connectivity index (χ0v) is 25.6. The highest BCUT2D eigenvalue weighted by atomic mass is 35.5. The molecule has 0 saturated carbocycles. The predicted octanol–water partition coefficient (Wildman–Crippen LogP) is 7.91. The third-order valence-electron chi connectivity index (χ3n) is 8.40. The Morgan fingerprint density at radius 1 is 0.976 bits per heavy atom. The number of aryl methyl sites for hydroxylation is 1. The van der Waals surface area contributed by atoms with Crippen LogP contribution in [0.5, 0.6) is 5.75 Å². The summed E-state index contributed by atoms with van der Waals surface area (Å²) in [6.07, 6.45) is 4.14. The highest BCUT2D eigenvalue weighted by molar-refractivity contribution is 7.80. The van der Waals surface area contributed by atoms with Crippen LogP contribution in [0.3, 0.4) is 0 Å². The summed E-state index contributed by atoms with van der Waals surface area (Å²) >= 11 is 19.3. The van der Waals surface area contributed by atoms with Crippen LogP contribution in [-0.4, -0.2) is 32.9 Å². The minimum atomic E-state index is -0.212. The molecular weight excluding hydrogens is 573 g/mol. The number of benzene rings is 2. The lowest BCUT2D eigenvalue weighted by Crippen LogP contribution is -2.33. The van der Waals surface area contributed by atoms with Crippen LogP contribution in [0.15, 0.2) is 66.9 Å². The second kappa shape index (κ2) is 11.2. The Morgan fingerprint density at radius 3 is 2.46 bits per heavy atom. The van der Waals surface area contributed by atoms with E-state index in [4.69, 9.17) is 40.4 Å². The first-order chi connectivity index (χ1) is 19.7. The Hall–Kier alpha value is -3.26. The predicted molar refractivity (Wildman–Crippen MR) is 172 cm³/mol. The number of piperidine rings is 1. The highest BCUT2D eigenvalue weighted by Gasteiger charge is 2.42. The van der Waals surface area contributed by atoms with Gasteiger partial charge in [-0.2, -0.15) is 0 Å². The maximum absolute atomic E-state index is 10.7. The van der Waals surface area contributed by atoms with Crippen molar-refractivity contribution >= 4 is 51.9 Å². The number of pyridine rings is 1. The molecular formula is C32H33Cl2N5OS. The number of nitrogens with one attached hydrogen (secondary N) is 1. The van der Waals surface area contributed by atoms with Crippen molar-refractivity contribution in [2.75, 3.05) is 22.9 Å². The first-order valence-corrected chi connectivity index (χ1v) is 15.1. The van der Waals surface area contributed by atoms with Crippen LogP contribution < -0.4 is 15.1 Å². The fourth-order valence-electron chi connectivity index (χ4n) is 6.23. The number of aromatic hydroxyl groups is 1.